The van der Waals surface area contributed by atoms with E-state index in [4.69, 9.17) is 0 Å². The van der Waals surface area contributed by atoms with Gasteiger partial charge in [0.25, 0.3) is 0 Å². The van der Waals surface area contributed by atoms with E-state index in [2.05, 4.69) is 10.2 Å². The zero-order valence-electron chi connectivity index (χ0n) is 14.4. The molecule has 2 saturated heterocycles. The van der Waals surface area contributed by atoms with Crippen molar-refractivity contribution in [3.05, 3.63) is 30.3 Å². The van der Waals surface area contributed by atoms with Crippen LogP contribution < -0.4 is 5.32 Å². The summed E-state index contributed by atoms with van der Waals surface area (Å²) in [6, 6.07) is 8.47. The smallest absolute Gasteiger partial charge is 0.243 e. The van der Waals surface area contributed by atoms with E-state index in [1.807, 2.05) is 0 Å². The van der Waals surface area contributed by atoms with Crippen molar-refractivity contribution in [1.29, 1.82) is 0 Å². The second-order valence-corrected chi connectivity index (χ2v) is 8.42. The molecular weight excluding hydrogens is 340 g/mol. The average molecular weight is 366 g/mol. The van der Waals surface area contributed by atoms with E-state index >= 15 is 0 Å². The minimum Gasteiger partial charge on any atom is -0.339 e. The highest BCUT2D eigenvalue weighted by Gasteiger charge is 2.30. The van der Waals surface area contributed by atoms with Crippen LogP contribution in [-0.4, -0.2) is 87.3 Å². The largest absolute Gasteiger partial charge is 0.339 e. The third-order valence-electron chi connectivity index (χ3n) is 4.76. The van der Waals surface area contributed by atoms with Crippen molar-refractivity contribution in [2.24, 2.45) is 0 Å². The van der Waals surface area contributed by atoms with Gasteiger partial charge in [0.15, 0.2) is 0 Å². The fourth-order valence-electron chi connectivity index (χ4n) is 3.27. The number of nitrogens with zero attached hydrogens (tertiary/aromatic N) is 3. The summed E-state index contributed by atoms with van der Waals surface area (Å²) < 4.78 is 26.7. The Morgan fingerprint density at radius 3 is 2.40 bits per heavy atom. The Morgan fingerprint density at radius 2 is 1.68 bits per heavy atom. The molecule has 0 atom stereocenters. The molecule has 0 unspecified atom stereocenters. The molecule has 8 heteroatoms. The lowest BCUT2D eigenvalue weighted by atomic mass is 10.3. The molecule has 3 rings (SSSR count). The molecule has 1 aromatic rings. The van der Waals surface area contributed by atoms with E-state index < -0.39 is 10.0 Å². The van der Waals surface area contributed by atoms with Crippen LogP contribution >= 0.6 is 0 Å². The number of rotatable bonds is 4. The van der Waals surface area contributed by atoms with Crippen LogP contribution in [0.5, 0.6) is 0 Å². The molecule has 2 aliphatic rings. The van der Waals surface area contributed by atoms with Gasteiger partial charge in [-0.3, -0.25) is 9.69 Å². The first kappa shape index (κ1) is 18.3. The number of benzene rings is 1. The summed E-state index contributed by atoms with van der Waals surface area (Å²) >= 11 is 0. The minimum absolute atomic E-state index is 0.0960. The third-order valence-corrected chi connectivity index (χ3v) is 6.68. The molecule has 1 N–H and O–H groups in total. The van der Waals surface area contributed by atoms with Crippen LogP contribution in [0.15, 0.2) is 35.2 Å². The Kier molecular flexibility index (Phi) is 6.06. The Labute approximate surface area is 149 Å². The molecule has 0 bridgehead atoms. The molecule has 138 valence electrons. The molecule has 0 saturated carbocycles. The zero-order valence-corrected chi connectivity index (χ0v) is 15.2. The third kappa shape index (κ3) is 4.58. The second-order valence-electron chi connectivity index (χ2n) is 6.48. The quantitative estimate of drug-likeness (QED) is 0.800. The fraction of sp³-hybridized carbons (Fsp3) is 0.588. The number of nitrogens with one attached hydrogen (secondary N) is 1. The maximum absolute atomic E-state index is 12.6. The highest BCUT2D eigenvalue weighted by molar-refractivity contribution is 7.89. The summed E-state index contributed by atoms with van der Waals surface area (Å²) in [5.74, 6) is 0.0960. The monoisotopic (exact) mass is 366 g/mol. The van der Waals surface area contributed by atoms with Crippen molar-refractivity contribution < 1.29 is 13.2 Å². The van der Waals surface area contributed by atoms with E-state index in [1.165, 1.54) is 4.31 Å². The van der Waals surface area contributed by atoms with Crippen molar-refractivity contribution >= 4 is 15.9 Å². The van der Waals surface area contributed by atoms with E-state index in [1.54, 1.807) is 35.2 Å². The number of hydrogen-bond acceptors (Lipinski definition) is 5. The van der Waals surface area contributed by atoms with Gasteiger partial charge in [0.2, 0.25) is 15.9 Å². The van der Waals surface area contributed by atoms with Gasteiger partial charge >= 0.3 is 0 Å². The van der Waals surface area contributed by atoms with Gasteiger partial charge in [0.05, 0.1) is 11.4 Å². The van der Waals surface area contributed by atoms with Gasteiger partial charge in [-0.05, 0) is 31.6 Å². The number of piperazine rings is 1. The Hall–Kier alpha value is -1.48. The van der Waals surface area contributed by atoms with Crippen LogP contribution in [0.25, 0.3) is 0 Å². The van der Waals surface area contributed by atoms with E-state index in [9.17, 15) is 13.2 Å². The highest BCUT2D eigenvalue weighted by atomic mass is 32.2. The fourth-order valence-corrected chi connectivity index (χ4v) is 4.71. The normalized spacial score (nSPS) is 21.0. The van der Waals surface area contributed by atoms with Crippen molar-refractivity contribution in [3.63, 3.8) is 0 Å². The van der Waals surface area contributed by atoms with Crippen molar-refractivity contribution in [3.8, 4) is 0 Å². The first-order valence-electron chi connectivity index (χ1n) is 8.83. The summed E-state index contributed by atoms with van der Waals surface area (Å²) in [6.45, 7) is 5.77. The van der Waals surface area contributed by atoms with E-state index in [-0.39, 0.29) is 5.91 Å². The molecule has 1 amide bonds. The molecule has 0 radical (unpaired) electrons. The van der Waals surface area contributed by atoms with Gasteiger partial charge in [0.1, 0.15) is 0 Å². The number of carbonyl (C=O) groups excluding carboxylic acids is 1. The summed E-state index contributed by atoms with van der Waals surface area (Å²) in [5.41, 5.74) is 0. The second kappa shape index (κ2) is 8.27. The van der Waals surface area contributed by atoms with Gasteiger partial charge in [-0.1, -0.05) is 18.2 Å². The summed E-state index contributed by atoms with van der Waals surface area (Å²) in [5, 5.41) is 3.33. The summed E-state index contributed by atoms with van der Waals surface area (Å²) in [4.78, 5) is 16.8. The minimum atomic E-state index is -3.47. The van der Waals surface area contributed by atoms with Gasteiger partial charge in [-0.25, -0.2) is 8.42 Å². The van der Waals surface area contributed by atoms with Gasteiger partial charge in [0, 0.05) is 39.3 Å². The van der Waals surface area contributed by atoms with Gasteiger partial charge in [-0.15, -0.1) is 0 Å². The molecule has 7 nitrogen and oxygen atoms in total. The molecule has 2 fully saturated rings. The van der Waals surface area contributed by atoms with Crippen LogP contribution in [0.2, 0.25) is 0 Å². The highest BCUT2D eigenvalue weighted by Crippen LogP contribution is 2.17. The lowest BCUT2D eigenvalue weighted by molar-refractivity contribution is -0.133. The van der Waals surface area contributed by atoms with Gasteiger partial charge < -0.3 is 10.2 Å². The standard InChI is InChI=1S/C17H26N4O3S/c22-17(15-19-9-4-7-18-8-10-19)20-11-13-21(14-12-20)25(23,24)16-5-2-1-3-6-16/h1-3,5-6,18H,4,7-15H2. The number of carbonyl (C=O) groups is 1. The first-order valence-corrected chi connectivity index (χ1v) is 10.3. The van der Waals surface area contributed by atoms with E-state index in [0.29, 0.717) is 37.6 Å². The first-order chi connectivity index (χ1) is 12.1. The topological polar surface area (TPSA) is 73.0 Å². The predicted molar refractivity (Wildman–Crippen MR) is 95.7 cm³/mol. The lowest BCUT2D eigenvalue weighted by Crippen LogP contribution is -2.52. The van der Waals surface area contributed by atoms with Crippen LogP contribution in [0.1, 0.15) is 6.42 Å². The van der Waals surface area contributed by atoms with Crippen LogP contribution in [0.3, 0.4) is 0 Å². The number of amides is 1. The SMILES string of the molecule is O=C(CN1CCCNCC1)N1CCN(S(=O)(=O)c2ccccc2)CC1. The molecule has 1 aromatic carbocycles. The Balaban J connectivity index is 1.53. The molecule has 2 aliphatic heterocycles. The number of hydrogen-bond donors (Lipinski definition) is 1. The molecule has 0 aromatic heterocycles. The lowest BCUT2D eigenvalue weighted by Gasteiger charge is -2.35. The average Bonchev–Trinajstić information content (AvgIpc) is 2.91. The Morgan fingerprint density at radius 1 is 0.960 bits per heavy atom. The van der Waals surface area contributed by atoms with Gasteiger partial charge in [-0.2, -0.15) is 4.31 Å². The summed E-state index contributed by atoms with van der Waals surface area (Å²) in [6.07, 6.45) is 1.05. The van der Waals surface area contributed by atoms with E-state index in [0.717, 1.165) is 32.6 Å². The van der Waals surface area contributed by atoms with Crippen LogP contribution in [-0.2, 0) is 14.8 Å². The van der Waals surface area contributed by atoms with Crippen LogP contribution in [0, 0.1) is 0 Å². The summed E-state index contributed by atoms with van der Waals surface area (Å²) in [7, 11) is -3.47. The van der Waals surface area contributed by atoms with Crippen molar-refractivity contribution in [2.75, 3.05) is 58.9 Å². The molecular formula is C17H26N4O3S. The molecule has 2 heterocycles. The van der Waals surface area contributed by atoms with Crippen molar-refractivity contribution in [1.82, 2.24) is 19.4 Å². The molecule has 0 spiro atoms. The molecule has 25 heavy (non-hydrogen) atoms. The predicted octanol–water partition coefficient (Wildman–Crippen LogP) is -0.185. The maximum Gasteiger partial charge on any atom is 0.243 e. The number of sulfonamides is 1. The Bertz CT molecular complexity index is 664. The molecule has 0 aliphatic carbocycles. The van der Waals surface area contributed by atoms with Crippen LogP contribution in [0.4, 0.5) is 0 Å². The van der Waals surface area contributed by atoms with Crippen molar-refractivity contribution in [2.45, 2.75) is 11.3 Å². The zero-order chi connectivity index (χ0) is 17.7. The maximum atomic E-state index is 12.6.